The predicted octanol–water partition coefficient (Wildman–Crippen LogP) is 3.83. The second-order valence-electron chi connectivity index (χ2n) is 4.96. The van der Waals surface area contributed by atoms with E-state index in [9.17, 15) is 9.18 Å². The average Bonchev–Trinajstić information content (AvgIpc) is 2.53. The molecule has 0 aromatic heterocycles. The van der Waals surface area contributed by atoms with Crippen LogP contribution in [-0.4, -0.2) is 25.1 Å². The van der Waals surface area contributed by atoms with Crippen molar-refractivity contribution in [3.05, 3.63) is 70.5 Å². The normalized spacial score (nSPS) is 12.0. The zero-order valence-electron chi connectivity index (χ0n) is 12.4. The summed E-state index contributed by atoms with van der Waals surface area (Å²) in [6.07, 6.45) is 0.438. The van der Waals surface area contributed by atoms with Gasteiger partial charge in [-0.25, -0.2) is 9.45 Å². The van der Waals surface area contributed by atoms with Gasteiger partial charge in [-0.3, -0.25) is 9.63 Å². The maximum Gasteiger partial charge on any atom is 0.253 e. The molecule has 0 saturated heterocycles. The molecule has 0 spiro atoms. The van der Waals surface area contributed by atoms with Crippen molar-refractivity contribution in [1.29, 1.82) is 0 Å². The molecule has 2 rings (SSSR count). The minimum atomic E-state index is -0.526. The van der Waals surface area contributed by atoms with E-state index in [4.69, 9.17) is 16.4 Å². The Labute approximate surface area is 134 Å². The fourth-order valence-corrected chi connectivity index (χ4v) is 2.36. The van der Waals surface area contributed by atoms with Gasteiger partial charge in [0.25, 0.3) is 5.91 Å². The number of carbonyl (C=O) groups is 1. The van der Waals surface area contributed by atoms with E-state index in [0.29, 0.717) is 17.0 Å². The third-order valence-electron chi connectivity index (χ3n) is 3.49. The number of halogens is 2. The lowest BCUT2D eigenvalue weighted by molar-refractivity contribution is -0.170. The van der Waals surface area contributed by atoms with Crippen LogP contribution in [0.1, 0.15) is 17.0 Å². The molecule has 0 saturated carbocycles. The van der Waals surface area contributed by atoms with E-state index < -0.39 is 5.92 Å². The first-order valence-electron chi connectivity index (χ1n) is 6.83. The van der Waals surface area contributed by atoms with Crippen LogP contribution in [0.2, 0.25) is 5.02 Å². The number of likely N-dealkylation sites (N-methyl/N-ethyl adjacent to an activating group) is 1. The fraction of sp³-hybridized carbons (Fsp3) is 0.235. The van der Waals surface area contributed by atoms with Gasteiger partial charge in [-0.15, -0.1) is 0 Å². The highest BCUT2D eigenvalue weighted by molar-refractivity contribution is 6.30. The summed E-state index contributed by atoms with van der Waals surface area (Å²) in [4.78, 5) is 17.5. The Bertz CT molecular complexity index is 645. The molecule has 0 N–H and O–H groups in total. The van der Waals surface area contributed by atoms with Gasteiger partial charge < -0.3 is 0 Å². The Morgan fingerprint density at radius 1 is 1.27 bits per heavy atom. The van der Waals surface area contributed by atoms with Crippen molar-refractivity contribution in [2.45, 2.75) is 12.3 Å². The summed E-state index contributed by atoms with van der Waals surface area (Å²) in [6, 6.07) is 13.3. The molecule has 1 amide bonds. The SMILES string of the molecule is CON(C)C(=O)C(Cc1ccc(Cl)cc1)c1cccc(F)c1. The topological polar surface area (TPSA) is 29.5 Å². The zero-order chi connectivity index (χ0) is 16.1. The van der Waals surface area contributed by atoms with Crippen molar-refractivity contribution in [3.63, 3.8) is 0 Å². The molecule has 5 heteroatoms. The van der Waals surface area contributed by atoms with Gasteiger partial charge in [0, 0.05) is 12.1 Å². The van der Waals surface area contributed by atoms with Gasteiger partial charge in [0.2, 0.25) is 0 Å². The van der Waals surface area contributed by atoms with Gasteiger partial charge >= 0.3 is 0 Å². The van der Waals surface area contributed by atoms with E-state index in [0.717, 1.165) is 10.6 Å². The fourth-order valence-electron chi connectivity index (χ4n) is 2.24. The molecule has 0 aliphatic rings. The largest absolute Gasteiger partial charge is 0.275 e. The Hall–Kier alpha value is -1.91. The first-order valence-corrected chi connectivity index (χ1v) is 7.20. The first-order chi connectivity index (χ1) is 10.5. The van der Waals surface area contributed by atoms with Gasteiger partial charge in [0.1, 0.15) is 5.82 Å². The number of hydrogen-bond acceptors (Lipinski definition) is 2. The number of nitrogens with zero attached hydrogens (tertiary/aromatic N) is 1. The monoisotopic (exact) mass is 321 g/mol. The Morgan fingerprint density at radius 3 is 2.55 bits per heavy atom. The van der Waals surface area contributed by atoms with Crippen LogP contribution < -0.4 is 0 Å². The molecule has 0 heterocycles. The van der Waals surface area contributed by atoms with E-state index in [-0.39, 0.29) is 11.7 Å². The van der Waals surface area contributed by atoms with Crippen molar-refractivity contribution in [2.75, 3.05) is 14.2 Å². The summed E-state index contributed by atoms with van der Waals surface area (Å²) in [5.74, 6) is -1.13. The van der Waals surface area contributed by atoms with Crippen LogP contribution in [0.5, 0.6) is 0 Å². The molecular formula is C17H17ClFNO2. The van der Waals surface area contributed by atoms with Gasteiger partial charge in [-0.1, -0.05) is 35.9 Å². The molecule has 2 aromatic rings. The zero-order valence-corrected chi connectivity index (χ0v) is 13.2. The molecule has 22 heavy (non-hydrogen) atoms. The molecule has 0 radical (unpaired) electrons. The number of hydroxylamine groups is 2. The lowest BCUT2D eigenvalue weighted by Gasteiger charge is -2.22. The smallest absolute Gasteiger partial charge is 0.253 e. The van der Waals surface area contributed by atoms with Crippen molar-refractivity contribution in [2.24, 2.45) is 0 Å². The van der Waals surface area contributed by atoms with Crippen molar-refractivity contribution < 1.29 is 14.0 Å². The molecule has 1 unspecified atom stereocenters. The lowest BCUT2D eigenvalue weighted by Crippen LogP contribution is -2.32. The lowest BCUT2D eigenvalue weighted by atomic mass is 9.91. The van der Waals surface area contributed by atoms with Crippen LogP contribution in [0, 0.1) is 5.82 Å². The summed E-state index contributed by atoms with van der Waals surface area (Å²) < 4.78 is 13.5. The highest BCUT2D eigenvalue weighted by Crippen LogP contribution is 2.24. The number of carbonyl (C=O) groups excluding carboxylic acids is 1. The van der Waals surface area contributed by atoms with Gasteiger partial charge in [0.15, 0.2) is 0 Å². The summed E-state index contributed by atoms with van der Waals surface area (Å²) in [5.41, 5.74) is 1.56. The quantitative estimate of drug-likeness (QED) is 0.783. The summed E-state index contributed by atoms with van der Waals surface area (Å²) in [7, 11) is 2.96. The number of benzene rings is 2. The second-order valence-corrected chi connectivity index (χ2v) is 5.39. The third-order valence-corrected chi connectivity index (χ3v) is 3.74. The van der Waals surface area contributed by atoms with Crippen molar-refractivity contribution in [3.8, 4) is 0 Å². The highest BCUT2D eigenvalue weighted by atomic mass is 35.5. The predicted molar refractivity (Wildman–Crippen MR) is 84.1 cm³/mol. The number of rotatable bonds is 5. The molecule has 2 aromatic carbocycles. The van der Waals surface area contributed by atoms with Crippen LogP contribution >= 0.6 is 11.6 Å². The molecular weight excluding hydrogens is 305 g/mol. The van der Waals surface area contributed by atoms with Crippen LogP contribution in [0.3, 0.4) is 0 Å². The standard InChI is InChI=1S/C17H17ClFNO2/c1-20(22-2)17(21)16(13-4-3-5-15(19)11-13)10-12-6-8-14(18)9-7-12/h3-9,11,16H,10H2,1-2H3. The van der Waals surface area contributed by atoms with E-state index in [2.05, 4.69) is 0 Å². The number of amides is 1. The molecule has 3 nitrogen and oxygen atoms in total. The average molecular weight is 322 g/mol. The van der Waals surface area contributed by atoms with Gasteiger partial charge in [-0.05, 0) is 41.8 Å². The summed E-state index contributed by atoms with van der Waals surface area (Å²) in [5, 5.41) is 1.79. The molecule has 0 bridgehead atoms. The van der Waals surface area contributed by atoms with Gasteiger partial charge in [-0.2, -0.15) is 0 Å². The number of hydrogen-bond donors (Lipinski definition) is 0. The van der Waals surface area contributed by atoms with Crippen LogP contribution in [0.15, 0.2) is 48.5 Å². The minimum absolute atomic E-state index is 0.233. The van der Waals surface area contributed by atoms with Crippen LogP contribution in [-0.2, 0) is 16.1 Å². The Balaban J connectivity index is 2.32. The maximum atomic E-state index is 13.5. The first kappa shape index (κ1) is 16.5. The van der Waals surface area contributed by atoms with Crippen LogP contribution in [0.25, 0.3) is 0 Å². The molecule has 0 aliphatic heterocycles. The molecule has 116 valence electrons. The third kappa shape index (κ3) is 4.06. The molecule has 0 fully saturated rings. The van der Waals surface area contributed by atoms with E-state index in [1.165, 1.54) is 26.3 Å². The van der Waals surface area contributed by atoms with Crippen molar-refractivity contribution >= 4 is 17.5 Å². The summed E-state index contributed by atoms with van der Waals surface area (Å²) in [6.45, 7) is 0. The Kier molecular flexibility index (Phi) is 5.52. The van der Waals surface area contributed by atoms with E-state index >= 15 is 0 Å². The van der Waals surface area contributed by atoms with E-state index in [1.54, 1.807) is 24.3 Å². The van der Waals surface area contributed by atoms with Gasteiger partial charge in [0.05, 0.1) is 13.0 Å². The maximum absolute atomic E-state index is 13.5. The summed E-state index contributed by atoms with van der Waals surface area (Å²) >= 11 is 5.88. The minimum Gasteiger partial charge on any atom is -0.275 e. The Morgan fingerprint density at radius 2 is 1.95 bits per heavy atom. The van der Waals surface area contributed by atoms with Crippen molar-refractivity contribution in [1.82, 2.24) is 5.06 Å². The highest BCUT2D eigenvalue weighted by Gasteiger charge is 2.25. The second kappa shape index (κ2) is 7.38. The van der Waals surface area contributed by atoms with Crippen LogP contribution in [0.4, 0.5) is 4.39 Å². The molecule has 1 atom stereocenters. The van der Waals surface area contributed by atoms with E-state index in [1.807, 2.05) is 12.1 Å². The molecule has 0 aliphatic carbocycles.